The molecule has 0 saturated carbocycles. The summed E-state index contributed by atoms with van der Waals surface area (Å²) < 4.78 is 19.7. The first kappa shape index (κ1) is 15.7. The second kappa shape index (κ2) is 6.95. The van der Waals surface area contributed by atoms with Crippen molar-refractivity contribution in [1.29, 1.82) is 0 Å². The van der Waals surface area contributed by atoms with Crippen LogP contribution in [0.15, 0.2) is 76.5 Å². The van der Waals surface area contributed by atoms with Crippen molar-refractivity contribution in [3.8, 4) is 0 Å². The third-order valence-electron chi connectivity index (χ3n) is 3.43. The summed E-state index contributed by atoms with van der Waals surface area (Å²) in [5.74, 6) is 0.354. The summed E-state index contributed by atoms with van der Waals surface area (Å²) in [7, 11) is 0. The lowest BCUT2D eigenvalue weighted by molar-refractivity contribution is 0.252. The van der Waals surface area contributed by atoms with E-state index in [1.165, 1.54) is 28.8 Å². The number of furan rings is 1. The zero-order chi connectivity index (χ0) is 16.9. The fourth-order valence-electron chi connectivity index (χ4n) is 2.22. The number of hydrogen-bond donors (Lipinski definition) is 1. The first-order valence-electron chi connectivity index (χ1n) is 7.45. The molecule has 0 saturated heterocycles. The number of benzene rings is 1. The summed E-state index contributed by atoms with van der Waals surface area (Å²) in [6, 6.07) is 13.9. The average Bonchev–Trinajstić information content (AvgIpc) is 3.12. The number of carbonyl (C=O) groups excluding carboxylic acids is 1. The molecule has 0 aliphatic rings. The van der Waals surface area contributed by atoms with Crippen molar-refractivity contribution in [1.82, 2.24) is 4.57 Å². The average molecular weight is 325 g/mol. The van der Waals surface area contributed by atoms with Gasteiger partial charge in [-0.25, -0.2) is 9.18 Å². The molecule has 0 spiro atoms. The van der Waals surface area contributed by atoms with Gasteiger partial charge in [0, 0.05) is 11.9 Å². The number of pyridine rings is 1. The van der Waals surface area contributed by atoms with Crippen LogP contribution in [0.5, 0.6) is 0 Å². The highest BCUT2D eigenvalue weighted by Crippen LogP contribution is 2.15. The molecule has 2 aromatic heterocycles. The molecular weight excluding hydrogens is 309 g/mol. The van der Waals surface area contributed by atoms with Crippen LogP contribution in [0.25, 0.3) is 0 Å². The first-order chi connectivity index (χ1) is 11.6. The molecule has 0 radical (unpaired) electrons. The lowest BCUT2D eigenvalue weighted by atomic mass is 10.3. The second-order valence-corrected chi connectivity index (χ2v) is 5.19. The van der Waals surface area contributed by atoms with Crippen LogP contribution in [0.2, 0.25) is 0 Å². The summed E-state index contributed by atoms with van der Waals surface area (Å²) in [6.07, 6.45) is 3.20. The minimum Gasteiger partial charge on any atom is -0.467 e. The lowest BCUT2D eigenvalue weighted by Crippen LogP contribution is -2.31. The highest BCUT2D eigenvalue weighted by atomic mass is 19.1. The minimum absolute atomic E-state index is 0.229. The van der Waals surface area contributed by atoms with E-state index in [0.29, 0.717) is 16.9 Å². The maximum atomic E-state index is 12.9. The Morgan fingerprint density at radius 3 is 2.67 bits per heavy atom. The van der Waals surface area contributed by atoms with E-state index in [1.54, 1.807) is 36.7 Å². The lowest BCUT2D eigenvalue weighted by Gasteiger charge is -2.09. The maximum Gasteiger partial charge on any atom is 0.331 e. The summed E-state index contributed by atoms with van der Waals surface area (Å²) in [5.41, 5.74) is 0.990. The Balaban J connectivity index is 1.88. The zero-order valence-corrected chi connectivity index (χ0v) is 13.0. The van der Waals surface area contributed by atoms with Crippen LogP contribution in [0.3, 0.4) is 0 Å². The van der Waals surface area contributed by atoms with Gasteiger partial charge < -0.3 is 9.73 Å². The van der Waals surface area contributed by atoms with Crippen molar-refractivity contribution < 1.29 is 13.6 Å². The van der Waals surface area contributed by atoms with Crippen LogP contribution < -0.4 is 10.8 Å². The van der Waals surface area contributed by atoms with E-state index in [0.717, 1.165) is 0 Å². The maximum absolute atomic E-state index is 12.9. The van der Waals surface area contributed by atoms with E-state index in [2.05, 4.69) is 10.3 Å². The molecule has 1 N–H and O–H groups in total. The van der Waals surface area contributed by atoms with Gasteiger partial charge in [-0.3, -0.25) is 9.56 Å². The normalized spacial score (nSPS) is 12.8. The predicted octanol–water partition coefficient (Wildman–Crippen LogP) is 3.96. The van der Waals surface area contributed by atoms with Crippen molar-refractivity contribution in [2.75, 3.05) is 5.32 Å². The van der Waals surface area contributed by atoms with Gasteiger partial charge in [-0.1, -0.05) is 6.07 Å². The van der Waals surface area contributed by atoms with Crippen molar-refractivity contribution >= 4 is 11.7 Å². The predicted molar refractivity (Wildman–Crippen MR) is 87.9 cm³/mol. The number of anilines is 1. The third kappa shape index (κ3) is 3.60. The molecule has 24 heavy (non-hydrogen) atoms. The fraction of sp³-hybridized carbons (Fsp3) is 0.111. The molecule has 0 fully saturated rings. The summed E-state index contributed by atoms with van der Waals surface area (Å²) in [4.78, 5) is 17.0. The Morgan fingerprint density at radius 1 is 1.17 bits per heavy atom. The van der Waals surface area contributed by atoms with Crippen molar-refractivity contribution in [2.45, 2.75) is 13.0 Å². The van der Waals surface area contributed by atoms with Gasteiger partial charge >= 0.3 is 6.03 Å². The zero-order valence-electron chi connectivity index (χ0n) is 13.0. The van der Waals surface area contributed by atoms with Crippen LogP contribution in [0.1, 0.15) is 18.7 Å². The van der Waals surface area contributed by atoms with Gasteiger partial charge in [0.15, 0.2) is 0 Å². The number of nitrogens with zero attached hydrogens (tertiary/aromatic N) is 2. The SMILES string of the molecule is C[C@H](N=c1ccccn1C(=O)Nc1ccc(F)cc1)c1ccco1. The highest BCUT2D eigenvalue weighted by molar-refractivity contribution is 5.90. The molecule has 1 amide bonds. The van der Waals surface area contributed by atoms with Crippen molar-refractivity contribution in [3.63, 3.8) is 0 Å². The van der Waals surface area contributed by atoms with E-state index in [1.807, 2.05) is 13.0 Å². The molecule has 0 unspecified atom stereocenters. The van der Waals surface area contributed by atoms with Crippen molar-refractivity contribution in [3.05, 3.63) is 84.1 Å². The quantitative estimate of drug-likeness (QED) is 0.792. The van der Waals surface area contributed by atoms with E-state index < -0.39 is 0 Å². The standard InChI is InChI=1S/C18H16FN3O2/c1-13(16-5-4-12-24-16)20-17-6-2-3-11-22(17)18(23)21-15-9-7-14(19)8-10-15/h2-13H,1H3,(H,21,23)/t13-/m0/s1. The number of hydrogen-bond acceptors (Lipinski definition) is 3. The minimum atomic E-state index is -0.382. The van der Waals surface area contributed by atoms with Crippen molar-refractivity contribution in [2.24, 2.45) is 4.99 Å². The van der Waals surface area contributed by atoms with Gasteiger partial charge in [-0.2, -0.15) is 0 Å². The molecule has 0 bridgehead atoms. The molecule has 0 aliphatic carbocycles. The molecule has 5 nitrogen and oxygen atoms in total. The van der Waals surface area contributed by atoms with Crippen LogP contribution in [0.4, 0.5) is 14.9 Å². The molecule has 122 valence electrons. The first-order valence-corrected chi connectivity index (χ1v) is 7.45. The third-order valence-corrected chi connectivity index (χ3v) is 3.43. The highest BCUT2D eigenvalue weighted by Gasteiger charge is 2.09. The summed E-state index contributed by atoms with van der Waals surface area (Å²) >= 11 is 0. The smallest absolute Gasteiger partial charge is 0.331 e. The van der Waals surface area contributed by atoms with Gasteiger partial charge in [0.05, 0.1) is 6.26 Å². The van der Waals surface area contributed by atoms with Crippen LogP contribution in [-0.2, 0) is 0 Å². The van der Waals surface area contributed by atoms with E-state index in [9.17, 15) is 9.18 Å². The summed E-state index contributed by atoms with van der Waals surface area (Å²) in [6.45, 7) is 1.88. The number of rotatable bonds is 3. The molecule has 2 heterocycles. The second-order valence-electron chi connectivity index (χ2n) is 5.19. The van der Waals surface area contributed by atoms with E-state index in [4.69, 9.17) is 4.42 Å². The van der Waals surface area contributed by atoms with E-state index >= 15 is 0 Å². The number of nitrogens with one attached hydrogen (secondary N) is 1. The number of halogens is 1. The molecule has 3 rings (SSSR count). The number of aromatic nitrogens is 1. The Bertz CT molecular complexity index is 883. The van der Waals surface area contributed by atoms with Crippen LogP contribution in [-0.4, -0.2) is 10.6 Å². The Labute approximate surface area is 138 Å². The molecule has 6 heteroatoms. The Hall–Kier alpha value is -3.15. The number of carbonyl (C=O) groups is 1. The van der Waals surface area contributed by atoms with Crippen LogP contribution >= 0.6 is 0 Å². The Morgan fingerprint density at radius 2 is 1.96 bits per heavy atom. The molecule has 1 aromatic carbocycles. The van der Waals surface area contributed by atoms with Gasteiger partial charge in [-0.05, 0) is 55.5 Å². The molecular formula is C18H16FN3O2. The molecule has 3 aromatic rings. The topological polar surface area (TPSA) is 59.5 Å². The van der Waals surface area contributed by atoms with Gasteiger partial charge in [0.2, 0.25) is 0 Å². The Kier molecular flexibility index (Phi) is 4.56. The van der Waals surface area contributed by atoms with Crippen LogP contribution in [0, 0.1) is 5.82 Å². The summed E-state index contributed by atoms with van der Waals surface area (Å²) in [5, 5.41) is 2.71. The molecule has 0 aliphatic heterocycles. The fourth-order valence-corrected chi connectivity index (χ4v) is 2.22. The van der Waals surface area contributed by atoms with E-state index in [-0.39, 0.29) is 17.9 Å². The monoisotopic (exact) mass is 325 g/mol. The molecule has 1 atom stereocenters. The number of amides is 1. The largest absolute Gasteiger partial charge is 0.467 e. The van der Waals surface area contributed by atoms with Gasteiger partial charge in [-0.15, -0.1) is 0 Å². The van der Waals surface area contributed by atoms with Gasteiger partial charge in [0.1, 0.15) is 23.1 Å². The van der Waals surface area contributed by atoms with Gasteiger partial charge in [0.25, 0.3) is 0 Å².